The smallest absolute Gasteiger partial charge is 0.160 e. The van der Waals surface area contributed by atoms with Crippen molar-refractivity contribution < 1.29 is 14.8 Å². The lowest BCUT2D eigenvalue weighted by atomic mass is 10.1. The number of quaternary nitrogens is 1. The molecule has 22 heavy (non-hydrogen) atoms. The van der Waals surface area contributed by atoms with E-state index in [1.807, 2.05) is 12.1 Å². The molecule has 0 saturated carbocycles. The summed E-state index contributed by atoms with van der Waals surface area (Å²) in [5, 5.41) is 2.36. The molecule has 0 aliphatic carbocycles. The van der Waals surface area contributed by atoms with Crippen molar-refractivity contribution in [1.29, 1.82) is 0 Å². The Morgan fingerprint density at radius 3 is 2.45 bits per heavy atom. The van der Waals surface area contributed by atoms with Crippen LogP contribution in [-0.4, -0.2) is 20.3 Å². The van der Waals surface area contributed by atoms with E-state index in [0.29, 0.717) is 6.04 Å². The third kappa shape index (κ3) is 4.49. The molecule has 0 amide bonds. The third-order valence-corrected chi connectivity index (χ3v) is 4.48. The van der Waals surface area contributed by atoms with Crippen molar-refractivity contribution in [3.05, 3.63) is 58.1 Å². The summed E-state index contributed by atoms with van der Waals surface area (Å²) < 4.78 is 11.8. The number of benzene rings is 2. The lowest BCUT2D eigenvalue weighted by Gasteiger charge is -2.13. The van der Waals surface area contributed by atoms with Gasteiger partial charge >= 0.3 is 0 Å². The maximum Gasteiger partial charge on any atom is 0.160 e. The molecule has 4 heteroatoms. The van der Waals surface area contributed by atoms with Crippen molar-refractivity contribution in [3.8, 4) is 11.5 Å². The molecule has 0 heterocycles. The first-order chi connectivity index (χ1) is 10.6. The number of rotatable bonds is 7. The maximum atomic E-state index is 5.36. The molecule has 0 aliphatic heterocycles. The summed E-state index contributed by atoms with van der Waals surface area (Å²) >= 11 is 3.60. The summed E-state index contributed by atoms with van der Waals surface area (Å²) in [6, 6.07) is 15.0. The van der Waals surface area contributed by atoms with Gasteiger partial charge in [0.2, 0.25) is 0 Å². The van der Waals surface area contributed by atoms with E-state index >= 15 is 0 Å². The highest BCUT2D eigenvalue weighted by Crippen LogP contribution is 2.27. The first-order valence-corrected chi connectivity index (χ1v) is 8.21. The highest BCUT2D eigenvalue weighted by atomic mass is 79.9. The quantitative estimate of drug-likeness (QED) is 0.818. The van der Waals surface area contributed by atoms with E-state index in [4.69, 9.17) is 9.47 Å². The highest BCUT2D eigenvalue weighted by molar-refractivity contribution is 9.10. The number of hydrogen-bond donors (Lipinski definition) is 1. The van der Waals surface area contributed by atoms with Crippen molar-refractivity contribution in [1.82, 2.24) is 0 Å². The van der Waals surface area contributed by atoms with Gasteiger partial charge in [0.25, 0.3) is 0 Å². The molecular weight excluding hydrogens is 342 g/mol. The van der Waals surface area contributed by atoms with E-state index in [0.717, 1.165) is 24.5 Å². The summed E-state index contributed by atoms with van der Waals surface area (Å²) in [6.45, 7) is 3.21. The van der Waals surface area contributed by atoms with Gasteiger partial charge in [-0.2, -0.15) is 0 Å². The van der Waals surface area contributed by atoms with Gasteiger partial charge in [-0.1, -0.05) is 40.2 Å². The number of halogens is 1. The number of nitrogens with two attached hydrogens (primary N) is 1. The fourth-order valence-electron chi connectivity index (χ4n) is 2.45. The second kappa shape index (κ2) is 8.20. The van der Waals surface area contributed by atoms with Gasteiger partial charge in [-0.15, -0.1) is 0 Å². The fraction of sp³-hybridized carbons (Fsp3) is 0.333. The Balaban J connectivity index is 1.94. The molecule has 0 bridgehead atoms. The summed E-state index contributed by atoms with van der Waals surface area (Å²) in [5.41, 5.74) is 2.58. The van der Waals surface area contributed by atoms with Crippen LogP contribution >= 0.6 is 15.9 Å². The number of methoxy groups -OCH3 is 2. The summed E-state index contributed by atoms with van der Waals surface area (Å²) in [5.74, 6) is 1.56. The van der Waals surface area contributed by atoms with Crippen molar-refractivity contribution in [2.75, 3.05) is 14.2 Å². The Morgan fingerprint density at radius 2 is 1.77 bits per heavy atom. The Morgan fingerprint density at radius 1 is 1.05 bits per heavy atom. The van der Waals surface area contributed by atoms with E-state index in [2.05, 4.69) is 58.5 Å². The molecule has 2 aromatic carbocycles. The summed E-state index contributed by atoms with van der Waals surface area (Å²) in [7, 11) is 3.33. The average molecular weight is 365 g/mol. The van der Waals surface area contributed by atoms with Crippen LogP contribution < -0.4 is 14.8 Å². The normalized spacial score (nSPS) is 12.0. The summed E-state index contributed by atoms with van der Waals surface area (Å²) in [6.07, 6.45) is 0.991. The molecule has 0 radical (unpaired) electrons. The van der Waals surface area contributed by atoms with E-state index in [1.54, 1.807) is 14.2 Å². The highest BCUT2D eigenvalue weighted by Gasteiger charge is 2.11. The zero-order chi connectivity index (χ0) is 15.9. The standard InChI is InChI=1S/C18H22BrNO2/c1-13(20-12-15-6-4-5-7-16(15)19)10-14-8-9-17(21-2)18(11-14)22-3/h4-9,11,13,20H,10,12H2,1-3H3/p+1/t13-/m0/s1. The summed E-state index contributed by atoms with van der Waals surface area (Å²) in [4.78, 5) is 0. The Bertz CT molecular complexity index is 616. The molecule has 118 valence electrons. The Kier molecular flexibility index (Phi) is 6.28. The van der Waals surface area contributed by atoms with Crippen molar-refractivity contribution in [3.63, 3.8) is 0 Å². The zero-order valence-electron chi connectivity index (χ0n) is 13.3. The second-order valence-electron chi connectivity index (χ2n) is 5.40. The van der Waals surface area contributed by atoms with Crippen LogP contribution in [0.2, 0.25) is 0 Å². The van der Waals surface area contributed by atoms with Crippen LogP contribution in [0.1, 0.15) is 18.1 Å². The van der Waals surface area contributed by atoms with Gasteiger partial charge in [0.05, 0.1) is 20.3 Å². The molecule has 1 atom stereocenters. The van der Waals surface area contributed by atoms with Crippen LogP contribution in [0.3, 0.4) is 0 Å². The lowest BCUT2D eigenvalue weighted by Crippen LogP contribution is -2.88. The first-order valence-electron chi connectivity index (χ1n) is 7.41. The van der Waals surface area contributed by atoms with Crippen LogP contribution in [0.25, 0.3) is 0 Å². The molecule has 2 N–H and O–H groups in total. The topological polar surface area (TPSA) is 35.1 Å². The lowest BCUT2D eigenvalue weighted by molar-refractivity contribution is -0.701. The van der Waals surface area contributed by atoms with Crippen LogP contribution in [0.15, 0.2) is 46.9 Å². The number of hydrogen-bond acceptors (Lipinski definition) is 2. The Hall–Kier alpha value is -1.52. The second-order valence-corrected chi connectivity index (χ2v) is 6.26. The van der Waals surface area contributed by atoms with Crippen molar-refractivity contribution in [2.45, 2.75) is 25.9 Å². The van der Waals surface area contributed by atoms with Crippen LogP contribution in [0.5, 0.6) is 11.5 Å². The van der Waals surface area contributed by atoms with E-state index in [1.165, 1.54) is 15.6 Å². The van der Waals surface area contributed by atoms with Gasteiger partial charge in [0, 0.05) is 16.5 Å². The monoisotopic (exact) mass is 364 g/mol. The zero-order valence-corrected chi connectivity index (χ0v) is 14.9. The molecule has 0 fully saturated rings. The fourth-order valence-corrected chi connectivity index (χ4v) is 2.90. The predicted octanol–water partition coefficient (Wildman–Crippen LogP) is 3.16. The van der Waals surface area contributed by atoms with Crippen molar-refractivity contribution >= 4 is 15.9 Å². The van der Waals surface area contributed by atoms with Gasteiger partial charge in [-0.3, -0.25) is 0 Å². The maximum absolute atomic E-state index is 5.36. The Labute approximate surface area is 140 Å². The average Bonchev–Trinajstić information content (AvgIpc) is 2.54. The molecule has 3 nitrogen and oxygen atoms in total. The minimum absolute atomic E-state index is 0.491. The van der Waals surface area contributed by atoms with Crippen molar-refractivity contribution in [2.24, 2.45) is 0 Å². The largest absolute Gasteiger partial charge is 0.493 e. The molecule has 0 spiro atoms. The van der Waals surface area contributed by atoms with Gasteiger partial charge in [-0.25, -0.2) is 0 Å². The number of ether oxygens (including phenoxy) is 2. The van der Waals surface area contributed by atoms with Crippen LogP contribution in [0.4, 0.5) is 0 Å². The first kappa shape index (κ1) is 16.8. The molecule has 0 unspecified atom stereocenters. The van der Waals surface area contributed by atoms with E-state index in [-0.39, 0.29) is 0 Å². The molecule has 2 rings (SSSR count). The molecular formula is C18H23BrNO2+. The molecule has 0 saturated heterocycles. The third-order valence-electron chi connectivity index (χ3n) is 3.70. The van der Waals surface area contributed by atoms with E-state index in [9.17, 15) is 0 Å². The van der Waals surface area contributed by atoms with Crippen LogP contribution in [-0.2, 0) is 13.0 Å². The van der Waals surface area contributed by atoms with Gasteiger partial charge in [-0.05, 0) is 30.7 Å². The molecule has 0 aromatic heterocycles. The van der Waals surface area contributed by atoms with Gasteiger partial charge in [0.15, 0.2) is 11.5 Å². The van der Waals surface area contributed by atoms with Gasteiger partial charge in [0.1, 0.15) is 6.54 Å². The molecule has 2 aromatic rings. The molecule has 0 aliphatic rings. The minimum atomic E-state index is 0.491. The van der Waals surface area contributed by atoms with Gasteiger partial charge < -0.3 is 14.8 Å². The van der Waals surface area contributed by atoms with E-state index < -0.39 is 0 Å². The SMILES string of the molecule is COc1ccc(C[C@H](C)[NH2+]Cc2ccccc2Br)cc1OC. The van der Waals surface area contributed by atoms with Crippen LogP contribution in [0, 0.1) is 0 Å². The predicted molar refractivity (Wildman–Crippen MR) is 92.5 cm³/mol. The minimum Gasteiger partial charge on any atom is -0.493 e.